The number of unbranched alkanes of at least 4 members (excludes halogenated alkanes) is 6. The summed E-state index contributed by atoms with van der Waals surface area (Å²) < 4.78 is 5.14. The zero-order valence-corrected chi connectivity index (χ0v) is 11.5. The average molecular weight is 261 g/mol. The minimum atomic E-state index is 0.101. The molecule has 0 unspecified atom stereocenters. The Bertz CT molecular complexity index is 376. The van der Waals surface area contributed by atoms with E-state index in [2.05, 4.69) is 11.2 Å². The zero-order chi connectivity index (χ0) is 13.8. The summed E-state index contributed by atoms with van der Waals surface area (Å²) in [5.41, 5.74) is 0. The normalized spacial score (nSPS) is 10.1. The lowest BCUT2D eigenvalue weighted by molar-refractivity contribution is -0.121. The minimum absolute atomic E-state index is 0.101. The number of furan rings is 1. The molecule has 0 bridgehead atoms. The molecule has 1 aromatic heterocycles. The molecule has 0 radical (unpaired) electrons. The Balaban J connectivity index is 1.89. The average Bonchev–Trinajstić information content (AvgIpc) is 2.93. The fourth-order valence-electron chi connectivity index (χ4n) is 1.91. The Kier molecular flexibility index (Phi) is 8.29. The molecule has 3 heteroatoms. The molecule has 0 saturated carbocycles. The van der Waals surface area contributed by atoms with Crippen molar-refractivity contribution in [3.05, 3.63) is 24.2 Å². The largest absolute Gasteiger partial charge is 0.467 e. The molecular weight excluding hydrogens is 238 g/mol. The number of amides is 1. The summed E-state index contributed by atoms with van der Waals surface area (Å²) >= 11 is 0. The van der Waals surface area contributed by atoms with Gasteiger partial charge in [0, 0.05) is 12.8 Å². The number of carbonyl (C=O) groups is 1. The van der Waals surface area contributed by atoms with Crippen LogP contribution in [-0.2, 0) is 11.3 Å². The monoisotopic (exact) mass is 261 g/mol. The Hall–Kier alpha value is -1.69. The van der Waals surface area contributed by atoms with E-state index in [4.69, 9.17) is 10.8 Å². The van der Waals surface area contributed by atoms with E-state index in [1.807, 2.05) is 12.1 Å². The first-order valence-corrected chi connectivity index (χ1v) is 7.05. The second kappa shape index (κ2) is 10.3. The highest BCUT2D eigenvalue weighted by Crippen LogP contribution is 2.08. The van der Waals surface area contributed by atoms with Gasteiger partial charge in [-0.2, -0.15) is 0 Å². The molecule has 0 aliphatic heterocycles. The molecule has 0 aliphatic carbocycles. The van der Waals surface area contributed by atoms with Crippen molar-refractivity contribution in [3.63, 3.8) is 0 Å². The van der Waals surface area contributed by atoms with Gasteiger partial charge in [0.2, 0.25) is 5.91 Å². The fraction of sp³-hybridized carbons (Fsp3) is 0.562. The zero-order valence-electron chi connectivity index (χ0n) is 11.5. The maximum absolute atomic E-state index is 11.5. The first-order chi connectivity index (χ1) is 9.33. The van der Waals surface area contributed by atoms with Crippen molar-refractivity contribution in [2.45, 2.75) is 57.9 Å². The Morgan fingerprint density at radius 2 is 1.95 bits per heavy atom. The molecule has 3 nitrogen and oxygen atoms in total. The van der Waals surface area contributed by atoms with Crippen molar-refractivity contribution in [1.82, 2.24) is 5.32 Å². The minimum Gasteiger partial charge on any atom is -0.467 e. The standard InChI is InChI=1S/C16H23NO2/c1-2-3-4-5-6-7-8-9-12-16(18)17-14-15-11-10-13-19-15/h1,10-11,13H,3-9,12,14H2,(H,17,18). The molecule has 0 saturated heterocycles. The maximum Gasteiger partial charge on any atom is 0.220 e. The number of hydrogen-bond acceptors (Lipinski definition) is 2. The van der Waals surface area contributed by atoms with Crippen LogP contribution in [0, 0.1) is 12.3 Å². The van der Waals surface area contributed by atoms with Crippen LogP contribution in [0.3, 0.4) is 0 Å². The molecule has 1 N–H and O–H groups in total. The number of carbonyl (C=O) groups excluding carboxylic acids is 1. The summed E-state index contributed by atoms with van der Waals surface area (Å²) in [5.74, 6) is 3.54. The third kappa shape index (κ3) is 8.10. The highest BCUT2D eigenvalue weighted by atomic mass is 16.3. The Labute approximate surface area is 115 Å². The van der Waals surface area contributed by atoms with Crippen molar-refractivity contribution < 1.29 is 9.21 Å². The summed E-state index contributed by atoms with van der Waals surface area (Å²) in [5, 5.41) is 2.85. The summed E-state index contributed by atoms with van der Waals surface area (Å²) in [6.45, 7) is 0.484. The number of rotatable bonds is 10. The predicted octanol–water partition coefficient (Wildman–Crippen LogP) is 3.65. The molecule has 0 aliphatic rings. The van der Waals surface area contributed by atoms with E-state index >= 15 is 0 Å². The van der Waals surface area contributed by atoms with Gasteiger partial charge < -0.3 is 9.73 Å². The number of nitrogens with one attached hydrogen (secondary N) is 1. The van der Waals surface area contributed by atoms with Gasteiger partial charge >= 0.3 is 0 Å². The van der Waals surface area contributed by atoms with Crippen LogP contribution in [0.2, 0.25) is 0 Å². The number of hydrogen-bond donors (Lipinski definition) is 1. The van der Waals surface area contributed by atoms with Gasteiger partial charge in [-0.05, 0) is 25.0 Å². The summed E-state index contributed by atoms with van der Waals surface area (Å²) in [7, 11) is 0. The van der Waals surface area contributed by atoms with Gasteiger partial charge in [-0.15, -0.1) is 12.3 Å². The molecule has 1 heterocycles. The predicted molar refractivity (Wildman–Crippen MR) is 76.3 cm³/mol. The topological polar surface area (TPSA) is 42.2 Å². The fourth-order valence-corrected chi connectivity index (χ4v) is 1.91. The molecule has 1 amide bonds. The van der Waals surface area contributed by atoms with E-state index in [9.17, 15) is 4.79 Å². The lowest BCUT2D eigenvalue weighted by atomic mass is 10.1. The van der Waals surface area contributed by atoms with Gasteiger partial charge in [0.05, 0.1) is 12.8 Å². The lowest BCUT2D eigenvalue weighted by Gasteiger charge is -2.03. The van der Waals surface area contributed by atoms with Crippen molar-refractivity contribution in [2.24, 2.45) is 0 Å². The molecule has 1 rings (SSSR count). The molecule has 0 aromatic carbocycles. The van der Waals surface area contributed by atoms with Crippen molar-refractivity contribution in [3.8, 4) is 12.3 Å². The van der Waals surface area contributed by atoms with Crippen LogP contribution in [-0.4, -0.2) is 5.91 Å². The molecular formula is C16H23NO2. The molecule has 19 heavy (non-hydrogen) atoms. The van der Waals surface area contributed by atoms with E-state index in [1.165, 1.54) is 19.3 Å². The van der Waals surface area contributed by atoms with Crippen molar-refractivity contribution in [2.75, 3.05) is 0 Å². The molecule has 0 fully saturated rings. The van der Waals surface area contributed by atoms with Crippen LogP contribution in [0.15, 0.2) is 22.8 Å². The van der Waals surface area contributed by atoms with Crippen LogP contribution >= 0.6 is 0 Å². The highest BCUT2D eigenvalue weighted by Gasteiger charge is 2.02. The molecule has 1 aromatic rings. The van der Waals surface area contributed by atoms with Crippen LogP contribution in [0.4, 0.5) is 0 Å². The van der Waals surface area contributed by atoms with E-state index in [0.29, 0.717) is 13.0 Å². The summed E-state index contributed by atoms with van der Waals surface area (Å²) in [6.07, 6.45) is 15.1. The van der Waals surface area contributed by atoms with E-state index in [0.717, 1.165) is 31.4 Å². The first kappa shape index (κ1) is 15.4. The van der Waals surface area contributed by atoms with Crippen molar-refractivity contribution >= 4 is 5.91 Å². The van der Waals surface area contributed by atoms with Crippen LogP contribution in [0.5, 0.6) is 0 Å². The third-order valence-electron chi connectivity index (χ3n) is 3.01. The third-order valence-corrected chi connectivity index (χ3v) is 3.01. The molecule has 104 valence electrons. The van der Waals surface area contributed by atoms with Crippen LogP contribution in [0.1, 0.15) is 57.1 Å². The SMILES string of the molecule is C#CCCCCCCCCC(=O)NCc1ccco1. The van der Waals surface area contributed by atoms with Gasteiger partial charge in [0.15, 0.2) is 0 Å². The summed E-state index contributed by atoms with van der Waals surface area (Å²) in [6, 6.07) is 3.68. The van der Waals surface area contributed by atoms with E-state index in [1.54, 1.807) is 6.26 Å². The highest BCUT2D eigenvalue weighted by molar-refractivity contribution is 5.75. The van der Waals surface area contributed by atoms with Gasteiger partial charge in [-0.25, -0.2) is 0 Å². The van der Waals surface area contributed by atoms with Crippen molar-refractivity contribution in [1.29, 1.82) is 0 Å². The Morgan fingerprint density at radius 3 is 2.63 bits per heavy atom. The Morgan fingerprint density at radius 1 is 1.21 bits per heavy atom. The molecule has 0 spiro atoms. The number of terminal acetylenes is 1. The van der Waals surface area contributed by atoms with E-state index in [-0.39, 0.29) is 5.91 Å². The quantitative estimate of drug-likeness (QED) is 0.516. The maximum atomic E-state index is 11.5. The van der Waals surface area contributed by atoms with Crippen LogP contribution < -0.4 is 5.32 Å². The van der Waals surface area contributed by atoms with Crippen LogP contribution in [0.25, 0.3) is 0 Å². The smallest absolute Gasteiger partial charge is 0.220 e. The molecule has 0 atom stereocenters. The second-order valence-electron chi connectivity index (χ2n) is 4.68. The first-order valence-electron chi connectivity index (χ1n) is 7.05. The van der Waals surface area contributed by atoms with Gasteiger partial charge in [-0.1, -0.05) is 25.7 Å². The van der Waals surface area contributed by atoms with Gasteiger partial charge in [0.25, 0.3) is 0 Å². The lowest BCUT2D eigenvalue weighted by Crippen LogP contribution is -2.21. The van der Waals surface area contributed by atoms with Gasteiger partial charge in [0.1, 0.15) is 5.76 Å². The van der Waals surface area contributed by atoms with E-state index < -0.39 is 0 Å². The second-order valence-corrected chi connectivity index (χ2v) is 4.68. The van der Waals surface area contributed by atoms with Gasteiger partial charge in [-0.3, -0.25) is 4.79 Å². The summed E-state index contributed by atoms with van der Waals surface area (Å²) in [4.78, 5) is 11.5.